The van der Waals surface area contributed by atoms with Gasteiger partial charge in [0.2, 0.25) is 0 Å². The van der Waals surface area contributed by atoms with Gasteiger partial charge in [0.25, 0.3) is 0 Å². The third kappa shape index (κ3) is 3.35. The Balaban J connectivity index is 2.18. The Morgan fingerprint density at radius 2 is 2.10 bits per heavy atom. The SMILES string of the molecule is COc1cc(Cl)cc(CNc2ccc(Br)c(F)c2)c1O. The number of benzene rings is 2. The van der Waals surface area contributed by atoms with E-state index in [-0.39, 0.29) is 11.6 Å². The fraction of sp³-hybridized carbons (Fsp3) is 0.143. The number of aromatic hydroxyl groups is 1. The summed E-state index contributed by atoms with van der Waals surface area (Å²) in [6, 6.07) is 7.85. The van der Waals surface area contributed by atoms with Gasteiger partial charge in [-0.3, -0.25) is 0 Å². The number of phenols is 1. The quantitative estimate of drug-likeness (QED) is 0.839. The van der Waals surface area contributed by atoms with E-state index >= 15 is 0 Å². The van der Waals surface area contributed by atoms with Crippen molar-refractivity contribution in [2.45, 2.75) is 6.54 Å². The van der Waals surface area contributed by atoms with E-state index < -0.39 is 0 Å². The van der Waals surface area contributed by atoms with Crippen LogP contribution in [0.3, 0.4) is 0 Å². The maximum atomic E-state index is 13.4. The van der Waals surface area contributed by atoms with Crippen molar-refractivity contribution in [1.82, 2.24) is 0 Å². The molecule has 2 aromatic rings. The van der Waals surface area contributed by atoms with E-state index in [2.05, 4.69) is 21.2 Å². The van der Waals surface area contributed by atoms with Crippen LogP contribution in [0.2, 0.25) is 5.02 Å². The van der Waals surface area contributed by atoms with Crippen LogP contribution in [0.15, 0.2) is 34.8 Å². The van der Waals surface area contributed by atoms with Crippen LogP contribution < -0.4 is 10.1 Å². The van der Waals surface area contributed by atoms with Gasteiger partial charge < -0.3 is 15.2 Å². The fourth-order valence-electron chi connectivity index (χ4n) is 1.72. The summed E-state index contributed by atoms with van der Waals surface area (Å²) in [5, 5.41) is 13.5. The molecule has 0 radical (unpaired) electrons. The molecular weight excluding hydrogens is 349 g/mol. The molecule has 0 aliphatic carbocycles. The Morgan fingerprint density at radius 1 is 1.35 bits per heavy atom. The standard InChI is InChI=1S/C14H12BrClFNO2/c1-20-13-5-9(16)4-8(14(13)19)7-18-10-2-3-11(15)12(17)6-10/h2-6,18-19H,7H2,1H3. The van der Waals surface area contributed by atoms with E-state index in [0.717, 1.165) is 0 Å². The van der Waals surface area contributed by atoms with E-state index in [1.807, 2.05) is 0 Å². The molecular formula is C14H12BrClFNO2. The molecule has 2 aromatic carbocycles. The van der Waals surface area contributed by atoms with Gasteiger partial charge in [-0.1, -0.05) is 11.6 Å². The molecule has 0 saturated heterocycles. The van der Waals surface area contributed by atoms with Gasteiger partial charge in [-0.15, -0.1) is 0 Å². The van der Waals surface area contributed by atoms with Crippen molar-refractivity contribution in [3.05, 3.63) is 51.2 Å². The molecule has 2 N–H and O–H groups in total. The summed E-state index contributed by atoms with van der Waals surface area (Å²) in [6.45, 7) is 0.295. The second kappa shape index (κ2) is 6.33. The number of halogens is 3. The third-order valence-electron chi connectivity index (χ3n) is 2.74. The predicted octanol–water partition coefficient (Wildman–Crippen LogP) is 4.57. The van der Waals surface area contributed by atoms with Crippen LogP contribution in [0.5, 0.6) is 11.5 Å². The smallest absolute Gasteiger partial charge is 0.162 e. The lowest BCUT2D eigenvalue weighted by Crippen LogP contribution is -2.01. The summed E-state index contributed by atoms with van der Waals surface area (Å²) in [4.78, 5) is 0. The Bertz CT molecular complexity index is 637. The minimum Gasteiger partial charge on any atom is -0.504 e. The first-order valence-electron chi connectivity index (χ1n) is 5.75. The summed E-state index contributed by atoms with van der Waals surface area (Å²) >= 11 is 9.03. The second-order valence-corrected chi connectivity index (χ2v) is 5.39. The number of phenolic OH excluding ortho intramolecular Hbond substituents is 1. The zero-order chi connectivity index (χ0) is 14.7. The molecule has 0 heterocycles. The van der Waals surface area contributed by atoms with Crippen molar-refractivity contribution in [2.75, 3.05) is 12.4 Å². The monoisotopic (exact) mass is 359 g/mol. The molecule has 2 rings (SSSR count). The molecule has 0 aliphatic heterocycles. The normalized spacial score (nSPS) is 10.4. The summed E-state index contributed by atoms with van der Waals surface area (Å²) in [5.74, 6) is -0.0406. The molecule has 0 bridgehead atoms. The van der Waals surface area contributed by atoms with Crippen LogP contribution in [0.4, 0.5) is 10.1 Å². The van der Waals surface area contributed by atoms with Gasteiger partial charge in [-0.2, -0.15) is 0 Å². The molecule has 3 nitrogen and oxygen atoms in total. The van der Waals surface area contributed by atoms with Crippen LogP contribution in [-0.2, 0) is 6.54 Å². The Kier molecular flexibility index (Phi) is 4.73. The van der Waals surface area contributed by atoms with Gasteiger partial charge in [0, 0.05) is 28.9 Å². The number of ether oxygens (including phenoxy) is 1. The first-order chi connectivity index (χ1) is 9.51. The number of nitrogens with one attached hydrogen (secondary N) is 1. The largest absolute Gasteiger partial charge is 0.504 e. The molecule has 0 unspecified atom stereocenters. The van der Waals surface area contributed by atoms with Crippen molar-refractivity contribution in [2.24, 2.45) is 0 Å². The lowest BCUT2D eigenvalue weighted by atomic mass is 10.1. The van der Waals surface area contributed by atoms with Gasteiger partial charge in [-0.25, -0.2) is 4.39 Å². The molecule has 0 saturated carbocycles. The Labute approximate surface area is 129 Å². The summed E-state index contributed by atoms with van der Waals surface area (Å²) in [7, 11) is 1.45. The number of methoxy groups -OCH3 is 1. The highest BCUT2D eigenvalue weighted by Crippen LogP contribution is 2.33. The maximum absolute atomic E-state index is 13.4. The summed E-state index contributed by atoms with van der Waals surface area (Å²) < 4.78 is 18.8. The molecule has 0 spiro atoms. The lowest BCUT2D eigenvalue weighted by Gasteiger charge is -2.12. The average Bonchev–Trinajstić information content (AvgIpc) is 2.43. The number of anilines is 1. The number of hydrogen-bond acceptors (Lipinski definition) is 3. The van der Waals surface area contributed by atoms with Crippen molar-refractivity contribution in [3.63, 3.8) is 0 Å². The van der Waals surface area contributed by atoms with Crippen LogP contribution in [0.1, 0.15) is 5.56 Å². The van der Waals surface area contributed by atoms with E-state index in [9.17, 15) is 9.50 Å². The van der Waals surface area contributed by atoms with Gasteiger partial charge in [0.05, 0.1) is 11.6 Å². The topological polar surface area (TPSA) is 41.5 Å². The van der Waals surface area contributed by atoms with Gasteiger partial charge in [0.15, 0.2) is 11.5 Å². The Morgan fingerprint density at radius 3 is 2.75 bits per heavy atom. The molecule has 0 aromatic heterocycles. The Hall–Kier alpha value is -1.46. The zero-order valence-electron chi connectivity index (χ0n) is 10.6. The maximum Gasteiger partial charge on any atom is 0.162 e. The summed E-state index contributed by atoms with van der Waals surface area (Å²) in [5.41, 5.74) is 1.17. The zero-order valence-corrected chi connectivity index (χ0v) is 12.9. The molecule has 20 heavy (non-hydrogen) atoms. The second-order valence-electron chi connectivity index (χ2n) is 4.10. The lowest BCUT2D eigenvalue weighted by molar-refractivity contribution is 0.371. The average molecular weight is 361 g/mol. The number of rotatable bonds is 4. The third-order valence-corrected chi connectivity index (χ3v) is 3.60. The van der Waals surface area contributed by atoms with E-state index in [1.165, 1.54) is 19.2 Å². The van der Waals surface area contributed by atoms with E-state index in [4.69, 9.17) is 16.3 Å². The first kappa shape index (κ1) is 14.9. The highest BCUT2D eigenvalue weighted by atomic mass is 79.9. The van der Waals surface area contributed by atoms with Crippen molar-refractivity contribution < 1.29 is 14.2 Å². The van der Waals surface area contributed by atoms with Crippen LogP contribution >= 0.6 is 27.5 Å². The van der Waals surface area contributed by atoms with Crippen molar-refractivity contribution in [1.29, 1.82) is 0 Å². The minimum absolute atomic E-state index is 0.0157. The minimum atomic E-state index is -0.358. The summed E-state index contributed by atoms with van der Waals surface area (Å²) in [6.07, 6.45) is 0. The van der Waals surface area contributed by atoms with E-state index in [0.29, 0.717) is 33.0 Å². The van der Waals surface area contributed by atoms with Crippen molar-refractivity contribution >= 4 is 33.2 Å². The van der Waals surface area contributed by atoms with Crippen LogP contribution in [0.25, 0.3) is 0 Å². The predicted molar refractivity (Wildman–Crippen MR) is 81.1 cm³/mol. The first-order valence-corrected chi connectivity index (χ1v) is 6.92. The van der Waals surface area contributed by atoms with Gasteiger partial charge >= 0.3 is 0 Å². The van der Waals surface area contributed by atoms with Crippen molar-refractivity contribution in [3.8, 4) is 11.5 Å². The molecule has 0 atom stereocenters. The van der Waals surface area contributed by atoms with Gasteiger partial charge in [-0.05, 0) is 40.2 Å². The molecule has 0 amide bonds. The van der Waals surface area contributed by atoms with Gasteiger partial charge in [0.1, 0.15) is 5.82 Å². The van der Waals surface area contributed by atoms with Crippen LogP contribution in [-0.4, -0.2) is 12.2 Å². The van der Waals surface area contributed by atoms with E-state index in [1.54, 1.807) is 18.2 Å². The number of hydrogen-bond donors (Lipinski definition) is 2. The molecule has 0 fully saturated rings. The van der Waals surface area contributed by atoms with Crippen LogP contribution in [0, 0.1) is 5.82 Å². The molecule has 0 aliphatic rings. The molecule has 106 valence electrons. The molecule has 6 heteroatoms. The highest BCUT2D eigenvalue weighted by molar-refractivity contribution is 9.10. The fourth-order valence-corrected chi connectivity index (χ4v) is 2.20. The highest BCUT2D eigenvalue weighted by Gasteiger charge is 2.10.